The Hall–Kier alpha value is -1.68. The van der Waals surface area contributed by atoms with E-state index in [1.165, 1.54) is 6.92 Å². The van der Waals surface area contributed by atoms with Crippen molar-refractivity contribution in [2.75, 3.05) is 0 Å². The molecule has 1 heterocycles. The molecule has 0 unspecified atom stereocenters. The van der Waals surface area contributed by atoms with Crippen molar-refractivity contribution in [3.05, 3.63) is 35.7 Å². The molecule has 5 heteroatoms. The van der Waals surface area contributed by atoms with E-state index >= 15 is 0 Å². The maximum Gasteiger partial charge on any atom is 0.257 e. The molecule has 0 bridgehead atoms. The van der Waals surface area contributed by atoms with Crippen LogP contribution in [-0.2, 0) is 5.88 Å². The molecule has 16 heavy (non-hydrogen) atoms. The van der Waals surface area contributed by atoms with Crippen LogP contribution in [0.4, 0.5) is 0 Å². The first-order valence-electron chi connectivity index (χ1n) is 4.70. The second-order valence-corrected chi connectivity index (χ2v) is 3.55. The Labute approximate surface area is 97.2 Å². The van der Waals surface area contributed by atoms with Gasteiger partial charge >= 0.3 is 0 Å². The number of aromatic nitrogens is 2. The molecule has 2 rings (SSSR count). The maximum atomic E-state index is 11.2. The molecule has 0 saturated carbocycles. The third-order valence-electron chi connectivity index (χ3n) is 2.10. The van der Waals surface area contributed by atoms with E-state index < -0.39 is 0 Å². The van der Waals surface area contributed by atoms with Crippen LogP contribution in [0.15, 0.2) is 28.8 Å². The number of carbonyl (C=O) groups excluding carboxylic acids is 1. The Morgan fingerprint density at radius 3 is 2.94 bits per heavy atom. The number of rotatable bonds is 3. The van der Waals surface area contributed by atoms with Gasteiger partial charge in [-0.15, -0.1) is 11.6 Å². The molecule has 0 aliphatic heterocycles. The number of halogens is 1. The van der Waals surface area contributed by atoms with Crippen LogP contribution < -0.4 is 0 Å². The first kappa shape index (κ1) is 10.8. The third kappa shape index (κ3) is 2.12. The average molecular weight is 237 g/mol. The highest BCUT2D eigenvalue weighted by Gasteiger charge is 2.09. The van der Waals surface area contributed by atoms with Crippen LogP contribution in [0.25, 0.3) is 11.5 Å². The highest BCUT2D eigenvalue weighted by molar-refractivity contribution is 6.16. The number of Topliss-reactive ketones (excluding diaryl/α,β-unsaturated/α-hetero) is 1. The Morgan fingerprint density at radius 2 is 2.31 bits per heavy atom. The fraction of sp³-hybridized carbons (Fsp3) is 0.182. The Kier molecular flexibility index (Phi) is 3.01. The van der Waals surface area contributed by atoms with Gasteiger partial charge in [0.1, 0.15) is 0 Å². The summed E-state index contributed by atoms with van der Waals surface area (Å²) in [5.74, 6) is 1.01. The second kappa shape index (κ2) is 4.45. The first-order valence-corrected chi connectivity index (χ1v) is 5.24. The van der Waals surface area contributed by atoms with E-state index in [2.05, 4.69) is 10.1 Å². The zero-order valence-corrected chi connectivity index (χ0v) is 9.36. The molecular weight excluding hydrogens is 228 g/mol. The summed E-state index contributed by atoms with van der Waals surface area (Å²) in [6.45, 7) is 1.51. The van der Waals surface area contributed by atoms with Gasteiger partial charge < -0.3 is 4.52 Å². The summed E-state index contributed by atoms with van der Waals surface area (Å²) >= 11 is 5.57. The van der Waals surface area contributed by atoms with Crippen molar-refractivity contribution in [3.8, 4) is 11.5 Å². The fourth-order valence-corrected chi connectivity index (χ4v) is 1.41. The minimum Gasteiger partial charge on any atom is -0.334 e. The smallest absolute Gasteiger partial charge is 0.257 e. The van der Waals surface area contributed by atoms with E-state index in [1.807, 2.05) is 0 Å². The molecular formula is C11H9ClN2O2. The van der Waals surface area contributed by atoms with Gasteiger partial charge in [-0.1, -0.05) is 17.3 Å². The average Bonchev–Trinajstić information content (AvgIpc) is 2.77. The molecule has 0 radical (unpaired) electrons. The number of alkyl halides is 1. The van der Waals surface area contributed by atoms with Crippen molar-refractivity contribution in [2.45, 2.75) is 12.8 Å². The molecule has 1 aromatic heterocycles. The fourth-order valence-electron chi connectivity index (χ4n) is 1.30. The maximum absolute atomic E-state index is 11.2. The molecule has 82 valence electrons. The van der Waals surface area contributed by atoms with Crippen molar-refractivity contribution in [2.24, 2.45) is 0 Å². The molecule has 2 aromatic rings. The molecule has 0 aliphatic rings. The normalized spacial score (nSPS) is 10.4. The van der Waals surface area contributed by atoms with Crippen LogP contribution in [0.3, 0.4) is 0 Å². The van der Waals surface area contributed by atoms with Crippen LogP contribution in [0, 0.1) is 0 Å². The van der Waals surface area contributed by atoms with Gasteiger partial charge in [-0.2, -0.15) is 4.98 Å². The van der Waals surface area contributed by atoms with Crippen LogP contribution in [0.2, 0.25) is 0 Å². The lowest BCUT2D eigenvalue weighted by molar-refractivity contribution is 0.101. The predicted molar refractivity (Wildman–Crippen MR) is 59.3 cm³/mol. The van der Waals surface area contributed by atoms with Gasteiger partial charge in [-0.3, -0.25) is 4.79 Å². The van der Waals surface area contributed by atoms with Crippen LogP contribution in [-0.4, -0.2) is 15.9 Å². The molecule has 0 saturated heterocycles. The van der Waals surface area contributed by atoms with Crippen LogP contribution >= 0.6 is 11.6 Å². The summed E-state index contributed by atoms with van der Waals surface area (Å²) in [5, 5.41) is 3.68. The van der Waals surface area contributed by atoms with Gasteiger partial charge in [-0.25, -0.2) is 0 Å². The molecule has 0 spiro atoms. The lowest BCUT2D eigenvalue weighted by atomic mass is 10.1. The van der Waals surface area contributed by atoms with Gasteiger partial charge in [0, 0.05) is 11.1 Å². The Balaban J connectivity index is 2.40. The lowest BCUT2D eigenvalue weighted by Crippen LogP contribution is -1.91. The van der Waals surface area contributed by atoms with Crippen LogP contribution in [0.1, 0.15) is 23.1 Å². The molecule has 0 aliphatic carbocycles. The first-order chi connectivity index (χ1) is 7.70. The van der Waals surface area contributed by atoms with Gasteiger partial charge in [0.25, 0.3) is 5.89 Å². The zero-order valence-electron chi connectivity index (χ0n) is 8.61. The summed E-state index contributed by atoms with van der Waals surface area (Å²) < 4.78 is 5.02. The van der Waals surface area contributed by atoms with E-state index in [0.717, 1.165) is 5.56 Å². The van der Waals surface area contributed by atoms with Crippen molar-refractivity contribution in [1.82, 2.24) is 10.1 Å². The SMILES string of the molecule is CC(=O)c1cccc(-c2nc(CCl)no2)c1. The number of hydrogen-bond donors (Lipinski definition) is 0. The monoisotopic (exact) mass is 236 g/mol. The van der Waals surface area contributed by atoms with Gasteiger partial charge in [0.15, 0.2) is 11.6 Å². The summed E-state index contributed by atoms with van der Waals surface area (Å²) in [7, 11) is 0. The van der Waals surface area contributed by atoms with Gasteiger partial charge in [-0.05, 0) is 19.1 Å². The summed E-state index contributed by atoms with van der Waals surface area (Å²) in [6, 6.07) is 7.03. The summed E-state index contributed by atoms with van der Waals surface area (Å²) in [5.41, 5.74) is 1.33. The van der Waals surface area contributed by atoms with Crippen molar-refractivity contribution in [1.29, 1.82) is 0 Å². The molecule has 0 N–H and O–H groups in total. The zero-order chi connectivity index (χ0) is 11.5. The standard InChI is InChI=1S/C11H9ClN2O2/c1-7(15)8-3-2-4-9(5-8)11-13-10(6-12)14-16-11/h2-5H,6H2,1H3. The topological polar surface area (TPSA) is 56.0 Å². The van der Waals surface area contributed by atoms with Gasteiger partial charge in [0.2, 0.25) is 0 Å². The van der Waals surface area contributed by atoms with E-state index in [9.17, 15) is 4.79 Å². The summed E-state index contributed by atoms with van der Waals surface area (Å²) in [4.78, 5) is 15.3. The minimum atomic E-state index is -0.000989. The van der Waals surface area contributed by atoms with E-state index in [1.54, 1.807) is 24.3 Å². The molecule has 1 aromatic carbocycles. The molecule has 0 amide bonds. The van der Waals surface area contributed by atoms with Crippen LogP contribution in [0.5, 0.6) is 0 Å². The third-order valence-corrected chi connectivity index (χ3v) is 2.34. The minimum absolute atomic E-state index is 0.000989. The van der Waals surface area contributed by atoms with Crippen molar-refractivity contribution >= 4 is 17.4 Å². The van der Waals surface area contributed by atoms with Gasteiger partial charge in [0.05, 0.1) is 5.88 Å². The predicted octanol–water partition coefficient (Wildman–Crippen LogP) is 2.68. The van der Waals surface area contributed by atoms with E-state index in [0.29, 0.717) is 17.3 Å². The second-order valence-electron chi connectivity index (χ2n) is 3.29. The molecule has 0 atom stereocenters. The largest absolute Gasteiger partial charge is 0.334 e. The lowest BCUT2D eigenvalue weighted by Gasteiger charge is -1.97. The Morgan fingerprint density at radius 1 is 1.50 bits per heavy atom. The van der Waals surface area contributed by atoms with Crippen molar-refractivity contribution < 1.29 is 9.32 Å². The number of carbonyl (C=O) groups is 1. The summed E-state index contributed by atoms with van der Waals surface area (Å²) in [6.07, 6.45) is 0. The highest BCUT2D eigenvalue weighted by Crippen LogP contribution is 2.19. The number of benzene rings is 1. The number of ketones is 1. The quantitative estimate of drug-likeness (QED) is 0.607. The number of nitrogens with zero attached hydrogens (tertiary/aromatic N) is 2. The highest BCUT2D eigenvalue weighted by atomic mass is 35.5. The van der Waals surface area contributed by atoms with Crippen molar-refractivity contribution in [3.63, 3.8) is 0 Å². The number of hydrogen-bond acceptors (Lipinski definition) is 4. The van der Waals surface area contributed by atoms with E-state index in [4.69, 9.17) is 16.1 Å². The Bertz CT molecular complexity index is 522. The molecule has 0 fully saturated rings. The molecule has 4 nitrogen and oxygen atoms in total. The van der Waals surface area contributed by atoms with E-state index in [-0.39, 0.29) is 11.7 Å².